The number of para-hydroxylation sites is 1. The fourth-order valence-corrected chi connectivity index (χ4v) is 1.29. The van der Waals surface area contributed by atoms with Crippen molar-refractivity contribution in [3.05, 3.63) is 39.9 Å². The minimum Gasteiger partial charge on any atom is -0.324 e. The third-order valence-electron chi connectivity index (χ3n) is 2.21. The minimum atomic E-state index is -0.391. The highest BCUT2D eigenvalue weighted by Gasteiger charge is 2.20. The van der Waals surface area contributed by atoms with Crippen LogP contribution in [0.1, 0.15) is 25.5 Å². The van der Waals surface area contributed by atoms with Crippen LogP contribution < -0.4 is 5.73 Å². The van der Waals surface area contributed by atoms with Crippen molar-refractivity contribution in [2.24, 2.45) is 11.7 Å². The second kappa shape index (κ2) is 4.19. The summed E-state index contributed by atoms with van der Waals surface area (Å²) < 4.78 is 0. The van der Waals surface area contributed by atoms with Crippen LogP contribution in [0.4, 0.5) is 5.69 Å². The third-order valence-corrected chi connectivity index (χ3v) is 2.21. The van der Waals surface area contributed by atoms with Crippen LogP contribution in [-0.4, -0.2) is 4.92 Å². The lowest BCUT2D eigenvalue weighted by Gasteiger charge is -2.15. The number of nitrogens with two attached hydrogens (primary N) is 1. The lowest BCUT2D eigenvalue weighted by molar-refractivity contribution is -0.385. The van der Waals surface area contributed by atoms with Crippen LogP contribution in [0.15, 0.2) is 24.3 Å². The van der Waals surface area contributed by atoms with Crippen molar-refractivity contribution in [3.8, 4) is 0 Å². The fourth-order valence-electron chi connectivity index (χ4n) is 1.29. The number of rotatable bonds is 3. The predicted molar refractivity (Wildman–Crippen MR) is 54.9 cm³/mol. The zero-order valence-electron chi connectivity index (χ0n) is 8.31. The standard InChI is InChI=1S/C10H14N2O2/c1-7(2)10(11)8-5-3-4-6-9(8)12(13)14/h3-7,10H,11H2,1-2H3. The maximum absolute atomic E-state index is 10.7. The SMILES string of the molecule is CC(C)C(N)c1ccccc1[N+](=O)[O-]. The zero-order valence-corrected chi connectivity index (χ0v) is 8.31. The molecule has 1 aromatic rings. The molecule has 0 aliphatic carbocycles. The number of hydrogen-bond donors (Lipinski definition) is 1. The van der Waals surface area contributed by atoms with Gasteiger partial charge in [0.2, 0.25) is 0 Å². The van der Waals surface area contributed by atoms with Gasteiger partial charge in [-0.05, 0) is 5.92 Å². The van der Waals surface area contributed by atoms with Gasteiger partial charge in [-0.3, -0.25) is 10.1 Å². The van der Waals surface area contributed by atoms with E-state index in [1.807, 2.05) is 13.8 Å². The Morgan fingerprint density at radius 3 is 2.43 bits per heavy atom. The van der Waals surface area contributed by atoms with Gasteiger partial charge in [-0.25, -0.2) is 0 Å². The van der Waals surface area contributed by atoms with Crippen molar-refractivity contribution in [2.75, 3.05) is 0 Å². The maximum Gasteiger partial charge on any atom is 0.274 e. The Balaban J connectivity index is 3.13. The van der Waals surface area contributed by atoms with Gasteiger partial charge in [0.25, 0.3) is 5.69 Å². The zero-order chi connectivity index (χ0) is 10.7. The molecule has 76 valence electrons. The molecule has 1 unspecified atom stereocenters. The molecular weight excluding hydrogens is 180 g/mol. The van der Waals surface area contributed by atoms with E-state index in [1.54, 1.807) is 18.2 Å². The van der Waals surface area contributed by atoms with Gasteiger partial charge in [0, 0.05) is 17.7 Å². The molecule has 4 nitrogen and oxygen atoms in total. The van der Waals surface area contributed by atoms with E-state index in [2.05, 4.69) is 0 Å². The van der Waals surface area contributed by atoms with E-state index in [9.17, 15) is 10.1 Å². The number of nitro groups is 1. The predicted octanol–water partition coefficient (Wildman–Crippen LogP) is 2.25. The molecule has 1 aromatic carbocycles. The summed E-state index contributed by atoms with van der Waals surface area (Å²) in [6.45, 7) is 3.89. The van der Waals surface area contributed by atoms with Gasteiger partial charge in [-0.1, -0.05) is 32.0 Å². The average molecular weight is 194 g/mol. The van der Waals surface area contributed by atoms with Crippen LogP contribution in [-0.2, 0) is 0 Å². The fraction of sp³-hybridized carbons (Fsp3) is 0.400. The first kappa shape index (κ1) is 10.7. The Morgan fingerprint density at radius 2 is 1.93 bits per heavy atom. The monoisotopic (exact) mass is 194 g/mol. The molecule has 0 aromatic heterocycles. The van der Waals surface area contributed by atoms with E-state index < -0.39 is 4.92 Å². The molecule has 0 spiro atoms. The van der Waals surface area contributed by atoms with Gasteiger partial charge in [-0.2, -0.15) is 0 Å². The number of benzene rings is 1. The van der Waals surface area contributed by atoms with Gasteiger partial charge >= 0.3 is 0 Å². The van der Waals surface area contributed by atoms with Gasteiger partial charge < -0.3 is 5.73 Å². The van der Waals surface area contributed by atoms with Crippen molar-refractivity contribution in [1.29, 1.82) is 0 Å². The molecule has 0 radical (unpaired) electrons. The van der Waals surface area contributed by atoms with Crippen LogP contribution in [0.2, 0.25) is 0 Å². The normalized spacial score (nSPS) is 12.9. The molecule has 0 aliphatic rings. The number of nitro benzene ring substituents is 1. The Kier molecular flexibility index (Phi) is 3.19. The lowest BCUT2D eigenvalue weighted by Crippen LogP contribution is -2.17. The summed E-state index contributed by atoms with van der Waals surface area (Å²) in [6.07, 6.45) is 0. The highest BCUT2D eigenvalue weighted by Crippen LogP contribution is 2.27. The van der Waals surface area contributed by atoms with E-state index in [-0.39, 0.29) is 17.6 Å². The molecule has 0 amide bonds. The van der Waals surface area contributed by atoms with E-state index >= 15 is 0 Å². The quantitative estimate of drug-likeness (QED) is 0.592. The molecule has 1 rings (SSSR count). The van der Waals surface area contributed by atoms with Crippen molar-refractivity contribution < 1.29 is 4.92 Å². The molecule has 0 heterocycles. The summed E-state index contributed by atoms with van der Waals surface area (Å²) in [7, 11) is 0. The topological polar surface area (TPSA) is 69.2 Å². The van der Waals surface area contributed by atoms with Crippen molar-refractivity contribution >= 4 is 5.69 Å². The third kappa shape index (κ3) is 2.09. The Morgan fingerprint density at radius 1 is 1.36 bits per heavy atom. The van der Waals surface area contributed by atoms with E-state index in [4.69, 9.17) is 5.73 Å². The summed E-state index contributed by atoms with van der Waals surface area (Å²) in [5.41, 5.74) is 6.58. The van der Waals surface area contributed by atoms with Gasteiger partial charge in [0.05, 0.1) is 4.92 Å². The Labute approximate surface area is 82.9 Å². The second-order valence-corrected chi connectivity index (χ2v) is 3.59. The number of nitrogens with zero attached hydrogens (tertiary/aromatic N) is 1. The largest absolute Gasteiger partial charge is 0.324 e. The van der Waals surface area contributed by atoms with E-state index in [0.29, 0.717) is 5.56 Å². The molecule has 2 N–H and O–H groups in total. The summed E-state index contributed by atoms with van der Waals surface area (Å²) in [6, 6.07) is 6.33. The smallest absolute Gasteiger partial charge is 0.274 e. The summed E-state index contributed by atoms with van der Waals surface area (Å²) in [4.78, 5) is 10.3. The highest BCUT2D eigenvalue weighted by molar-refractivity contribution is 5.41. The second-order valence-electron chi connectivity index (χ2n) is 3.59. The van der Waals surface area contributed by atoms with Crippen LogP contribution in [0.25, 0.3) is 0 Å². The first-order valence-corrected chi connectivity index (χ1v) is 4.53. The number of hydrogen-bond acceptors (Lipinski definition) is 3. The summed E-state index contributed by atoms with van der Waals surface area (Å²) in [5.74, 6) is 0.191. The molecule has 4 heteroatoms. The summed E-state index contributed by atoms with van der Waals surface area (Å²) in [5, 5.41) is 10.7. The molecular formula is C10H14N2O2. The first-order chi connectivity index (χ1) is 6.54. The molecule has 0 saturated heterocycles. The van der Waals surface area contributed by atoms with E-state index in [0.717, 1.165) is 0 Å². The molecule has 0 bridgehead atoms. The van der Waals surface area contributed by atoms with Gasteiger partial charge in [-0.15, -0.1) is 0 Å². The maximum atomic E-state index is 10.7. The summed E-state index contributed by atoms with van der Waals surface area (Å²) >= 11 is 0. The molecule has 0 fully saturated rings. The van der Waals surface area contributed by atoms with Gasteiger partial charge in [0.1, 0.15) is 0 Å². The molecule has 0 saturated carbocycles. The van der Waals surface area contributed by atoms with Crippen molar-refractivity contribution in [1.82, 2.24) is 0 Å². The molecule has 1 atom stereocenters. The molecule has 0 aliphatic heterocycles. The van der Waals surface area contributed by atoms with Crippen LogP contribution in [0, 0.1) is 16.0 Å². The van der Waals surface area contributed by atoms with Crippen LogP contribution in [0.3, 0.4) is 0 Å². The molecule has 14 heavy (non-hydrogen) atoms. The van der Waals surface area contributed by atoms with Gasteiger partial charge in [0.15, 0.2) is 0 Å². The average Bonchev–Trinajstić information content (AvgIpc) is 2.16. The highest BCUT2D eigenvalue weighted by atomic mass is 16.6. The first-order valence-electron chi connectivity index (χ1n) is 4.53. The van der Waals surface area contributed by atoms with Crippen molar-refractivity contribution in [3.63, 3.8) is 0 Å². The van der Waals surface area contributed by atoms with Crippen LogP contribution in [0.5, 0.6) is 0 Å². The Bertz CT molecular complexity index is 337. The Hall–Kier alpha value is -1.42. The lowest BCUT2D eigenvalue weighted by atomic mass is 9.96. The van der Waals surface area contributed by atoms with E-state index in [1.165, 1.54) is 6.07 Å². The van der Waals surface area contributed by atoms with Crippen molar-refractivity contribution in [2.45, 2.75) is 19.9 Å². The van der Waals surface area contributed by atoms with Crippen LogP contribution >= 0.6 is 0 Å². The minimum absolute atomic E-state index is 0.105.